The number of likely N-dealkylation sites (tertiary alicyclic amines) is 1. The predicted molar refractivity (Wildman–Crippen MR) is 89.6 cm³/mol. The fourth-order valence-corrected chi connectivity index (χ4v) is 3.21. The van der Waals surface area contributed by atoms with Crippen molar-refractivity contribution in [1.29, 1.82) is 0 Å². The standard InChI is InChI=1S/C16H22N6O4/c1-9(2)13(22-8-11(19-20-22)15-18-4-5-26-15)16(25)21-7-10(23)6-12(21)14(24)17-3/h4-5,8-10,12-13,23H,6-7H2,1-3H3,(H,17,24)/t10-,12+,13-/m1/s1. The summed E-state index contributed by atoms with van der Waals surface area (Å²) in [5.41, 5.74) is 0.415. The number of aliphatic hydroxyl groups is 1. The van der Waals surface area contributed by atoms with Gasteiger partial charge in [0, 0.05) is 20.0 Å². The summed E-state index contributed by atoms with van der Waals surface area (Å²) in [7, 11) is 1.51. The number of hydrogen-bond donors (Lipinski definition) is 2. The Labute approximate surface area is 150 Å². The highest BCUT2D eigenvalue weighted by Crippen LogP contribution is 2.27. The quantitative estimate of drug-likeness (QED) is 0.756. The van der Waals surface area contributed by atoms with E-state index >= 15 is 0 Å². The van der Waals surface area contributed by atoms with E-state index in [1.807, 2.05) is 13.8 Å². The molecule has 0 unspecified atom stereocenters. The zero-order valence-corrected chi connectivity index (χ0v) is 14.9. The minimum absolute atomic E-state index is 0.107. The van der Waals surface area contributed by atoms with Gasteiger partial charge in [0.1, 0.15) is 18.3 Å². The molecule has 1 aliphatic heterocycles. The van der Waals surface area contributed by atoms with Gasteiger partial charge in [0.15, 0.2) is 5.69 Å². The zero-order chi connectivity index (χ0) is 18.8. The monoisotopic (exact) mass is 362 g/mol. The zero-order valence-electron chi connectivity index (χ0n) is 14.9. The molecule has 10 nitrogen and oxygen atoms in total. The van der Waals surface area contributed by atoms with Crippen LogP contribution in [0.15, 0.2) is 23.1 Å². The number of carbonyl (C=O) groups excluding carboxylic acids is 2. The lowest BCUT2D eigenvalue weighted by Crippen LogP contribution is -2.48. The fraction of sp³-hybridized carbons (Fsp3) is 0.562. The summed E-state index contributed by atoms with van der Waals surface area (Å²) in [6, 6.07) is -1.36. The van der Waals surface area contributed by atoms with Crippen molar-refractivity contribution in [1.82, 2.24) is 30.2 Å². The average molecular weight is 362 g/mol. The number of likely N-dealkylation sites (N-methyl/N-ethyl adjacent to an activating group) is 1. The van der Waals surface area contributed by atoms with Crippen LogP contribution >= 0.6 is 0 Å². The normalized spacial score (nSPS) is 21.2. The number of aromatic nitrogens is 4. The molecule has 2 aromatic rings. The largest absolute Gasteiger partial charge is 0.443 e. The van der Waals surface area contributed by atoms with Gasteiger partial charge in [-0.2, -0.15) is 0 Å². The van der Waals surface area contributed by atoms with Crippen molar-refractivity contribution in [2.45, 2.75) is 38.5 Å². The van der Waals surface area contributed by atoms with Gasteiger partial charge in [-0.05, 0) is 5.92 Å². The molecule has 0 saturated carbocycles. The Morgan fingerprint density at radius 1 is 1.42 bits per heavy atom. The molecule has 0 bridgehead atoms. The van der Waals surface area contributed by atoms with Crippen molar-refractivity contribution in [3.05, 3.63) is 18.7 Å². The number of rotatable bonds is 5. The molecule has 10 heteroatoms. The van der Waals surface area contributed by atoms with Crippen LogP contribution in [0.5, 0.6) is 0 Å². The van der Waals surface area contributed by atoms with E-state index in [4.69, 9.17) is 4.42 Å². The molecule has 1 aliphatic rings. The van der Waals surface area contributed by atoms with Crippen LogP contribution in [0.4, 0.5) is 0 Å². The first-order valence-corrected chi connectivity index (χ1v) is 8.44. The van der Waals surface area contributed by atoms with Gasteiger partial charge < -0.3 is 19.7 Å². The number of β-amino-alcohol motifs (C(OH)–C–C–N with tert-alkyl or cyclic N) is 1. The Hall–Kier alpha value is -2.75. The third-order valence-electron chi connectivity index (χ3n) is 4.44. The molecule has 0 aromatic carbocycles. The fourth-order valence-electron chi connectivity index (χ4n) is 3.21. The van der Waals surface area contributed by atoms with Crippen LogP contribution in [-0.2, 0) is 9.59 Å². The molecule has 0 aliphatic carbocycles. The highest BCUT2D eigenvalue weighted by atomic mass is 16.3. The van der Waals surface area contributed by atoms with Gasteiger partial charge in [-0.3, -0.25) is 9.59 Å². The number of hydrogen-bond acceptors (Lipinski definition) is 7. The summed E-state index contributed by atoms with van der Waals surface area (Å²) >= 11 is 0. The van der Waals surface area contributed by atoms with E-state index in [1.54, 1.807) is 6.20 Å². The second-order valence-corrected chi connectivity index (χ2v) is 6.62. The first-order chi connectivity index (χ1) is 12.4. The van der Waals surface area contributed by atoms with Crippen LogP contribution in [0.25, 0.3) is 11.6 Å². The minimum Gasteiger partial charge on any atom is -0.443 e. The van der Waals surface area contributed by atoms with Crippen LogP contribution < -0.4 is 5.32 Å². The van der Waals surface area contributed by atoms with Crippen molar-refractivity contribution in [3.63, 3.8) is 0 Å². The second-order valence-electron chi connectivity index (χ2n) is 6.62. The highest BCUT2D eigenvalue weighted by molar-refractivity contribution is 5.89. The predicted octanol–water partition coefficient (Wildman–Crippen LogP) is -0.162. The van der Waals surface area contributed by atoms with E-state index < -0.39 is 18.2 Å². The summed E-state index contributed by atoms with van der Waals surface area (Å²) < 4.78 is 6.66. The first kappa shape index (κ1) is 18.1. The number of amides is 2. The highest BCUT2D eigenvalue weighted by Gasteiger charge is 2.42. The maximum atomic E-state index is 13.2. The SMILES string of the molecule is CNC(=O)[C@@H]1C[C@@H](O)CN1C(=O)[C@@H](C(C)C)n1cc(-c2ncco2)nn1. The number of nitrogens with zero attached hydrogens (tertiary/aromatic N) is 5. The van der Waals surface area contributed by atoms with E-state index in [0.717, 1.165) is 0 Å². The molecule has 2 aromatic heterocycles. The summed E-state index contributed by atoms with van der Waals surface area (Å²) in [5.74, 6) is -0.374. The molecule has 1 fully saturated rings. The molecule has 0 spiro atoms. The average Bonchev–Trinajstić information content (AvgIpc) is 3.33. The Morgan fingerprint density at radius 2 is 2.19 bits per heavy atom. The second kappa shape index (κ2) is 7.24. The van der Waals surface area contributed by atoms with Crippen molar-refractivity contribution in [2.24, 2.45) is 5.92 Å². The molecule has 0 radical (unpaired) electrons. The molecule has 26 heavy (non-hydrogen) atoms. The van der Waals surface area contributed by atoms with Gasteiger partial charge in [-0.25, -0.2) is 9.67 Å². The van der Waals surface area contributed by atoms with E-state index in [-0.39, 0.29) is 30.7 Å². The van der Waals surface area contributed by atoms with Gasteiger partial charge >= 0.3 is 0 Å². The molecule has 3 rings (SSSR count). The van der Waals surface area contributed by atoms with Crippen molar-refractivity contribution < 1.29 is 19.1 Å². The van der Waals surface area contributed by atoms with E-state index in [2.05, 4.69) is 20.6 Å². The Balaban J connectivity index is 1.88. The Kier molecular flexibility index (Phi) is 5.03. The summed E-state index contributed by atoms with van der Waals surface area (Å²) in [5, 5.41) is 20.6. The molecule has 3 atom stereocenters. The Bertz CT molecular complexity index is 772. The van der Waals surface area contributed by atoms with E-state index in [0.29, 0.717) is 11.6 Å². The number of oxazole rings is 1. The van der Waals surface area contributed by atoms with Crippen LogP contribution in [0.2, 0.25) is 0 Å². The molecule has 3 heterocycles. The number of carbonyl (C=O) groups is 2. The molecule has 2 amide bonds. The molecule has 140 valence electrons. The van der Waals surface area contributed by atoms with Gasteiger partial charge in [-0.15, -0.1) is 5.10 Å². The number of aliphatic hydroxyl groups excluding tert-OH is 1. The molecule has 2 N–H and O–H groups in total. The minimum atomic E-state index is -0.729. The van der Waals surface area contributed by atoms with Gasteiger partial charge in [-0.1, -0.05) is 19.1 Å². The molecular formula is C16H22N6O4. The summed E-state index contributed by atoms with van der Waals surface area (Å²) in [6.07, 6.45) is 4.01. The van der Waals surface area contributed by atoms with E-state index in [1.165, 1.54) is 29.1 Å². The number of nitrogens with one attached hydrogen (secondary N) is 1. The Morgan fingerprint density at radius 3 is 2.81 bits per heavy atom. The maximum absolute atomic E-state index is 13.2. The lowest BCUT2D eigenvalue weighted by molar-refractivity contribution is -0.142. The van der Waals surface area contributed by atoms with Crippen molar-refractivity contribution in [2.75, 3.05) is 13.6 Å². The lowest BCUT2D eigenvalue weighted by atomic mass is 10.0. The lowest BCUT2D eigenvalue weighted by Gasteiger charge is -2.29. The van der Waals surface area contributed by atoms with Crippen LogP contribution in [0, 0.1) is 5.92 Å². The summed E-state index contributed by atoms with van der Waals surface area (Å²) in [4.78, 5) is 30.7. The van der Waals surface area contributed by atoms with Crippen molar-refractivity contribution in [3.8, 4) is 11.6 Å². The topological polar surface area (TPSA) is 126 Å². The smallest absolute Gasteiger partial charge is 0.248 e. The van der Waals surface area contributed by atoms with Gasteiger partial charge in [0.2, 0.25) is 17.7 Å². The molecule has 1 saturated heterocycles. The van der Waals surface area contributed by atoms with Gasteiger partial charge in [0.05, 0.1) is 18.5 Å². The van der Waals surface area contributed by atoms with Crippen LogP contribution in [0.1, 0.15) is 26.3 Å². The molecular weight excluding hydrogens is 340 g/mol. The van der Waals surface area contributed by atoms with Crippen molar-refractivity contribution >= 4 is 11.8 Å². The van der Waals surface area contributed by atoms with E-state index in [9.17, 15) is 14.7 Å². The van der Waals surface area contributed by atoms with Crippen LogP contribution in [0.3, 0.4) is 0 Å². The van der Waals surface area contributed by atoms with Gasteiger partial charge in [0.25, 0.3) is 0 Å². The maximum Gasteiger partial charge on any atom is 0.248 e. The third-order valence-corrected chi connectivity index (χ3v) is 4.44. The summed E-state index contributed by atoms with van der Waals surface area (Å²) in [6.45, 7) is 3.88. The third kappa shape index (κ3) is 3.32. The van der Waals surface area contributed by atoms with Crippen LogP contribution in [-0.4, -0.2) is 67.5 Å². The first-order valence-electron chi connectivity index (χ1n) is 8.44.